The molecule has 0 atom stereocenters. The molecule has 0 unspecified atom stereocenters. The zero-order chi connectivity index (χ0) is 20.2. The van der Waals surface area contributed by atoms with Gasteiger partial charge in [-0.05, 0) is 42.0 Å². The normalized spacial score (nSPS) is 14.9. The Morgan fingerprint density at radius 3 is 2.34 bits per heavy atom. The number of nitrogens with zero attached hydrogens (tertiary/aromatic N) is 1. The molecule has 3 aromatic rings. The molecule has 0 aromatic heterocycles. The lowest BCUT2D eigenvalue weighted by atomic mass is 10.1. The van der Waals surface area contributed by atoms with E-state index in [-0.39, 0.29) is 5.57 Å². The van der Waals surface area contributed by atoms with Crippen molar-refractivity contribution in [2.45, 2.75) is 6.61 Å². The minimum Gasteiger partial charge on any atom is -0.488 e. The Kier molecular flexibility index (Phi) is 5.44. The summed E-state index contributed by atoms with van der Waals surface area (Å²) in [6.45, 7) is 0.395. The average Bonchev–Trinajstić information content (AvgIpc) is 3.03. The Bertz CT molecular complexity index is 1080. The molecule has 4 rings (SSSR count). The molecular formula is C23H17BrN2O3. The maximum Gasteiger partial charge on any atom is 0.282 e. The van der Waals surface area contributed by atoms with Gasteiger partial charge in [-0.2, -0.15) is 0 Å². The lowest BCUT2D eigenvalue weighted by Crippen LogP contribution is -2.35. The van der Waals surface area contributed by atoms with E-state index in [1.165, 1.54) is 5.01 Å². The van der Waals surface area contributed by atoms with Gasteiger partial charge in [-0.3, -0.25) is 15.0 Å². The van der Waals surface area contributed by atoms with E-state index in [0.717, 1.165) is 10.0 Å². The molecular weight excluding hydrogens is 432 g/mol. The number of nitrogens with one attached hydrogen (secondary N) is 1. The van der Waals surface area contributed by atoms with E-state index in [0.29, 0.717) is 23.6 Å². The molecule has 3 aromatic carbocycles. The van der Waals surface area contributed by atoms with Crippen molar-refractivity contribution in [2.24, 2.45) is 0 Å². The van der Waals surface area contributed by atoms with Crippen molar-refractivity contribution in [3.05, 3.63) is 100 Å². The van der Waals surface area contributed by atoms with E-state index in [9.17, 15) is 9.59 Å². The molecule has 5 nitrogen and oxygen atoms in total. The number of hydrogen-bond acceptors (Lipinski definition) is 3. The van der Waals surface area contributed by atoms with Crippen molar-refractivity contribution < 1.29 is 14.3 Å². The first-order chi connectivity index (χ1) is 14.1. The summed E-state index contributed by atoms with van der Waals surface area (Å²) in [5, 5.41) is 1.24. The summed E-state index contributed by atoms with van der Waals surface area (Å²) in [5.74, 6) is -0.252. The summed E-state index contributed by atoms with van der Waals surface area (Å²) in [7, 11) is 0. The summed E-state index contributed by atoms with van der Waals surface area (Å²) < 4.78 is 6.81. The number of ether oxygens (including phenoxy) is 1. The lowest BCUT2D eigenvalue weighted by molar-refractivity contribution is -0.117. The van der Waals surface area contributed by atoms with Crippen molar-refractivity contribution >= 4 is 39.5 Å². The molecule has 1 fully saturated rings. The summed E-state index contributed by atoms with van der Waals surface area (Å²) >= 11 is 3.36. The van der Waals surface area contributed by atoms with Crippen molar-refractivity contribution in [3.8, 4) is 5.75 Å². The standard InChI is InChI=1S/C23H17BrN2O3/c24-18-10-12-19(13-11-18)26-23(28)20(22(27)25-26)14-17-8-4-5-9-21(17)29-15-16-6-2-1-3-7-16/h1-14H,15H2,(H,25,27)/b20-14-. The summed E-state index contributed by atoms with van der Waals surface area (Å²) in [4.78, 5) is 25.3. The summed E-state index contributed by atoms with van der Waals surface area (Å²) in [5.41, 5.74) is 4.95. The molecule has 1 N–H and O–H groups in total. The fourth-order valence-corrected chi connectivity index (χ4v) is 3.22. The van der Waals surface area contributed by atoms with Gasteiger partial charge in [0.15, 0.2) is 0 Å². The molecule has 1 aliphatic heterocycles. The van der Waals surface area contributed by atoms with Crippen LogP contribution < -0.4 is 15.2 Å². The molecule has 1 aliphatic rings. The van der Waals surface area contributed by atoms with Gasteiger partial charge in [-0.15, -0.1) is 0 Å². The Morgan fingerprint density at radius 2 is 1.59 bits per heavy atom. The molecule has 0 spiro atoms. The number of para-hydroxylation sites is 1. The topological polar surface area (TPSA) is 58.6 Å². The van der Waals surface area contributed by atoms with Gasteiger partial charge >= 0.3 is 0 Å². The third-order valence-corrected chi connectivity index (χ3v) is 4.96. The zero-order valence-electron chi connectivity index (χ0n) is 15.3. The van der Waals surface area contributed by atoms with Crippen LogP contribution in [0.4, 0.5) is 5.69 Å². The molecule has 0 radical (unpaired) electrons. The molecule has 0 saturated carbocycles. The van der Waals surface area contributed by atoms with Crippen LogP contribution in [0.25, 0.3) is 6.08 Å². The number of anilines is 1. The second-order valence-electron chi connectivity index (χ2n) is 6.43. The van der Waals surface area contributed by atoms with Gasteiger partial charge in [0.05, 0.1) is 5.69 Å². The number of carbonyl (C=O) groups excluding carboxylic acids is 2. The number of carbonyl (C=O) groups is 2. The van der Waals surface area contributed by atoms with Crippen LogP contribution in [0.1, 0.15) is 11.1 Å². The third-order valence-electron chi connectivity index (χ3n) is 4.43. The van der Waals surface area contributed by atoms with Crippen molar-refractivity contribution in [3.63, 3.8) is 0 Å². The molecule has 1 saturated heterocycles. The van der Waals surface area contributed by atoms with Crippen LogP contribution in [0, 0.1) is 0 Å². The highest BCUT2D eigenvalue weighted by Crippen LogP contribution is 2.26. The molecule has 6 heteroatoms. The van der Waals surface area contributed by atoms with E-state index in [4.69, 9.17) is 4.74 Å². The van der Waals surface area contributed by atoms with Crippen LogP contribution in [0.15, 0.2) is 88.9 Å². The van der Waals surface area contributed by atoms with E-state index in [1.807, 2.05) is 66.7 Å². The Balaban J connectivity index is 1.58. The highest BCUT2D eigenvalue weighted by Gasteiger charge is 2.34. The predicted octanol–water partition coefficient (Wildman–Crippen LogP) is 4.49. The van der Waals surface area contributed by atoms with Crippen LogP contribution in [-0.2, 0) is 16.2 Å². The number of rotatable bonds is 5. The predicted molar refractivity (Wildman–Crippen MR) is 115 cm³/mol. The summed E-state index contributed by atoms with van der Waals surface area (Å²) in [6.07, 6.45) is 1.57. The Hall–Kier alpha value is -3.38. The largest absolute Gasteiger partial charge is 0.488 e. The van der Waals surface area contributed by atoms with Crippen molar-refractivity contribution in [2.75, 3.05) is 5.01 Å². The molecule has 0 bridgehead atoms. The minimum absolute atomic E-state index is 0.0590. The molecule has 2 amide bonds. The highest BCUT2D eigenvalue weighted by atomic mass is 79.9. The number of benzene rings is 3. The molecule has 0 aliphatic carbocycles. The minimum atomic E-state index is -0.448. The van der Waals surface area contributed by atoms with E-state index < -0.39 is 11.8 Å². The number of hydrogen-bond donors (Lipinski definition) is 1. The van der Waals surface area contributed by atoms with Crippen LogP contribution in [0.3, 0.4) is 0 Å². The van der Waals surface area contributed by atoms with Gasteiger partial charge in [0.25, 0.3) is 11.8 Å². The monoisotopic (exact) mass is 448 g/mol. The maximum atomic E-state index is 12.8. The molecule has 1 heterocycles. The van der Waals surface area contributed by atoms with Crippen LogP contribution >= 0.6 is 15.9 Å². The smallest absolute Gasteiger partial charge is 0.282 e. The van der Waals surface area contributed by atoms with Crippen LogP contribution in [0.5, 0.6) is 5.75 Å². The molecule has 144 valence electrons. The van der Waals surface area contributed by atoms with E-state index in [2.05, 4.69) is 21.4 Å². The van der Waals surface area contributed by atoms with Gasteiger partial charge in [0.1, 0.15) is 17.9 Å². The number of halogens is 1. The average molecular weight is 449 g/mol. The Morgan fingerprint density at radius 1 is 0.897 bits per heavy atom. The van der Waals surface area contributed by atoms with E-state index in [1.54, 1.807) is 18.2 Å². The van der Waals surface area contributed by atoms with Gasteiger partial charge < -0.3 is 4.74 Å². The fourth-order valence-electron chi connectivity index (χ4n) is 2.95. The van der Waals surface area contributed by atoms with Gasteiger partial charge in [0.2, 0.25) is 0 Å². The van der Waals surface area contributed by atoms with Gasteiger partial charge in [-0.1, -0.05) is 64.5 Å². The number of amides is 2. The second kappa shape index (κ2) is 8.32. The second-order valence-corrected chi connectivity index (χ2v) is 7.34. The zero-order valence-corrected chi connectivity index (χ0v) is 16.9. The molecule has 29 heavy (non-hydrogen) atoms. The van der Waals surface area contributed by atoms with E-state index >= 15 is 0 Å². The number of hydrazine groups is 1. The first kappa shape index (κ1) is 19.0. The Labute approximate surface area is 176 Å². The van der Waals surface area contributed by atoms with Crippen molar-refractivity contribution in [1.82, 2.24) is 5.43 Å². The van der Waals surface area contributed by atoms with Crippen LogP contribution in [-0.4, -0.2) is 11.8 Å². The first-order valence-electron chi connectivity index (χ1n) is 9.00. The van der Waals surface area contributed by atoms with Gasteiger partial charge in [0, 0.05) is 10.0 Å². The summed E-state index contributed by atoms with van der Waals surface area (Å²) in [6, 6.07) is 24.2. The van der Waals surface area contributed by atoms with Gasteiger partial charge in [-0.25, -0.2) is 5.01 Å². The third kappa shape index (κ3) is 4.22. The fraction of sp³-hybridized carbons (Fsp3) is 0.0435. The SMILES string of the molecule is O=C1NN(c2ccc(Br)cc2)C(=O)/C1=C\c1ccccc1OCc1ccccc1. The lowest BCUT2D eigenvalue weighted by Gasteiger charge is -2.14. The van der Waals surface area contributed by atoms with Crippen LogP contribution in [0.2, 0.25) is 0 Å². The quantitative estimate of drug-likeness (QED) is 0.462. The first-order valence-corrected chi connectivity index (χ1v) is 9.79. The van der Waals surface area contributed by atoms with Crippen molar-refractivity contribution in [1.29, 1.82) is 0 Å². The maximum absolute atomic E-state index is 12.8. The highest BCUT2D eigenvalue weighted by molar-refractivity contribution is 9.10.